The number of hydrogen-bond acceptors (Lipinski definition) is 1. The molecule has 0 atom stereocenters. The molecule has 0 bridgehead atoms. The van der Waals surface area contributed by atoms with E-state index in [1.807, 2.05) is 0 Å². The Hall–Kier alpha value is -1.78. The molecule has 92 valence electrons. The Bertz CT molecular complexity index is 418. The van der Waals surface area contributed by atoms with Gasteiger partial charge in [0.1, 0.15) is 0 Å². The zero-order valence-electron chi connectivity index (χ0n) is 9.45. The normalized spacial score (nSPS) is 11.8. The number of carbonyl (C=O) groups excluding carboxylic acids is 1. The Morgan fingerprint density at radius 3 is 2.12 bits per heavy atom. The van der Waals surface area contributed by atoms with E-state index < -0.39 is 6.18 Å². The molecule has 0 spiro atoms. The SMILES string of the molecule is CN(C)C(=O)c1ccc(/C=C/C(F)(F)F)cc1. The standard InChI is InChI=1S/C12H12F3NO/c1-16(2)11(17)10-5-3-9(4-6-10)7-8-12(13,14)15/h3-8H,1-2H3/b8-7+. The number of amides is 1. The average Bonchev–Trinajstić information content (AvgIpc) is 2.25. The highest BCUT2D eigenvalue weighted by Crippen LogP contribution is 2.18. The van der Waals surface area contributed by atoms with Crippen LogP contribution in [0.2, 0.25) is 0 Å². The number of benzene rings is 1. The van der Waals surface area contributed by atoms with Crippen molar-refractivity contribution in [2.45, 2.75) is 6.18 Å². The lowest BCUT2D eigenvalue weighted by atomic mass is 10.1. The van der Waals surface area contributed by atoms with Crippen LogP contribution in [0.3, 0.4) is 0 Å². The zero-order chi connectivity index (χ0) is 13.1. The molecule has 0 aliphatic rings. The third-order valence-corrected chi connectivity index (χ3v) is 2.03. The molecule has 0 saturated carbocycles. The first-order valence-electron chi connectivity index (χ1n) is 4.87. The van der Waals surface area contributed by atoms with E-state index in [1.165, 1.54) is 29.2 Å². The second-order valence-corrected chi connectivity index (χ2v) is 3.70. The van der Waals surface area contributed by atoms with Gasteiger partial charge in [-0.1, -0.05) is 18.2 Å². The first-order chi connectivity index (χ1) is 7.79. The molecule has 0 aromatic heterocycles. The highest BCUT2D eigenvalue weighted by molar-refractivity contribution is 5.94. The Kier molecular flexibility index (Phi) is 3.93. The summed E-state index contributed by atoms with van der Waals surface area (Å²) in [4.78, 5) is 12.9. The molecule has 1 rings (SSSR count). The quantitative estimate of drug-likeness (QED) is 0.782. The van der Waals surface area contributed by atoms with E-state index in [9.17, 15) is 18.0 Å². The fourth-order valence-electron chi connectivity index (χ4n) is 1.19. The molecule has 1 aromatic rings. The van der Waals surface area contributed by atoms with Crippen molar-refractivity contribution in [3.05, 3.63) is 41.5 Å². The van der Waals surface area contributed by atoms with Gasteiger partial charge in [-0.25, -0.2) is 0 Å². The lowest BCUT2D eigenvalue weighted by Gasteiger charge is -2.09. The van der Waals surface area contributed by atoms with E-state index in [1.54, 1.807) is 14.1 Å². The molecule has 5 heteroatoms. The minimum Gasteiger partial charge on any atom is -0.345 e. The topological polar surface area (TPSA) is 20.3 Å². The number of rotatable bonds is 2. The number of carbonyl (C=O) groups is 1. The van der Waals surface area contributed by atoms with Gasteiger partial charge in [-0.05, 0) is 17.7 Å². The van der Waals surface area contributed by atoms with Gasteiger partial charge in [0.2, 0.25) is 0 Å². The monoisotopic (exact) mass is 243 g/mol. The van der Waals surface area contributed by atoms with Crippen LogP contribution in [0, 0.1) is 0 Å². The lowest BCUT2D eigenvalue weighted by molar-refractivity contribution is -0.0790. The molecule has 0 heterocycles. The van der Waals surface area contributed by atoms with Crippen molar-refractivity contribution in [2.75, 3.05) is 14.1 Å². The van der Waals surface area contributed by atoms with Gasteiger partial charge in [0, 0.05) is 25.7 Å². The highest BCUT2D eigenvalue weighted by atomic mass is 19.4. The smallest absolute Gasteiger partial charge is 0.345 e. The van der Waals surface area contributed by atoms with Crippen LogP contribution in [0.15, 0.2) is 30.3 Å². The lowest BCUT2D eigenvalue weighted by Crippen LogP contribution is -2.21. The Balaban J connectivity index is 2.82. The predicted molar refractivity (Wildman–Crippen MR) is 59.5 cm³/mol. The van der Waals surface area contributed by atoms with Crippen LogP contribution in [0.4, 0.5) is 13.2 Å². The second-order valence-electron chi connectivity index (χ2n) is 3.70. The van der Waals surface area contributed by atoms with Crippen molar-refractivity contribution in [1.82, 2.24) is 4.90 Å². The summed E-state index contributed by atoms with van der Waals surface area (Å²) in [5.41, 5.74) is 0.844. The van der Waals surface area contributed by atoms with Gasteiger partial charge in [0.25, 0.3) is 5.91 Å². The van der Waals surface area contributed by atoms with E-state index in [2.05, 4.69) is 0 Å². The Morgan fingerprint density at radius 1 is 1.18 bits per heavy atom. The van der Waals surface area contributed by atoms with Gasteiger partial charge in [0.15, 0.2) is 0 Å². The van der Waals surface area contributed by atoms with Gasteiger partial charge in [-0.2, -0.15) is 13.2 Å². The molecule has 2 nitrogen and oxygen atoms in total. The van der Waals surface area contributed by atoms with Gasteiger partial charge in [0.05, 0.1) is 0 Å². The molecule has 1 amide bonds. The maximum Gasteiger partial charge on any atom is 0.409 e. The van der Waals surface area contributed by atoms with Gasteiger partial charge >= 0.3 is 6.18 Å². The molecule has 0 N–H and O–H groups in total. The van der Waals surface area contributed by atoms with E-state index in [0.717, 1.165) is 6.08 Å². The average molecular weight is 243 g/mol. The van der Waals surface area contributed by atoms with Crippen LogP contribution in [0.1, 0.15) is 15.9 Å². The summed E-state index contributed by atoms with van der Waals surface area (Å²) in [5.74, 6) is -0.184. The molecule has 0 aliphatic carbocycles. The molecule has 1 aromatic carbocycles. The van der Waals surface area contributed by atoms with Crippen molar-refractivity contribution in [3.8, 4) is 0 Å². The fraction of sp³-hybridized carbons (Fsp3) is 0.250. The largest absolute Gasteiger partial charge is 0.409 e. The summed E-state index contributed by atoms with van der Waals surface area (Å²) in [6.45, 7) is 0. The van der Waals surface area contributed by atoms with Crippen LogP contribution in [-0.2, 0) is 0 Å². The Morgan fingerprint density at radius 2 is 1.71 bits per heavy atom. The van der Waals surface area contributed by atoms with Crippen molar-refractivity contribution >= 4 is 12.0 Å². The van der Waals surface area contributed by atoms with E-state index in [4.69, 9.17) is 0 Å². The molecular weight excluding hydrogens is 231 g/mol. The summed E-state index contributed by atoms with van der Waals surface area (Å²) in [5, 5.41) is 0. The van der Waals surface area contributed by atoms with Gasteiger partial charge < -0.3 is 4.90 Å². The van der Waals surface area contributed by atoms with Crippen molar-refractivity contribution in [2.24, 2.45) is 0 Å². The number of hydrogen-bond donors (Lipinski definition) is 0. The molecule has 0 aliphatic heterocycles. The fourth-order valence-corrected chi connectivity index (χ4v) is 1.19. The highest BCUT2D eigenvalue weighted by Gasteiger charge is 2.21. The summed E-state index contributed by atoms with van der Waals surface area (Å²) in [6.07, 6.45) is -3.20. The van der Waals surface area contributed by atoms with Crippen LogP contribution in [0.25, 0.3) is 6.08 Å². The van der Waals surface area contributed by atoms with Crippen LogP contribution >= 0.6 is 0 Å². The molecule has 0 unspecified atom stereocenters. The molecular formula is C12H12F3NO. The minimum absolute atomic E-state index is 0.162. The molecule has 17 heavy (non-hydrogen) atoms. The van der Waals surface area contributed by atoms with Crippen molar-refractivity contribution < 1.29 is 18.0 Å². The predicted octanol–water partition coefficient (Wildman–Crippen LogP) is 2.96. The number of halogens is 3. The minimum atomic E-state index is -4.32. The number of allylic oxidation sites excluding steroid dienone is 1. The molecule has 0 saturated heterocycles. The van der Waals surface area contributed by atoms with Crippen molar-refractivity contribution in [3.63, 3.8) is 0 Å². The van der Waals surface area contributed by atoms with Gasteiger partial charge in [-0.15, -0.1) is 0 Å². The summed E-state index contributed by atoms with van der Waals surface area (Å²) >= 11 is 0. The van der Waals surface area contributed by atoms with Crippen molar-refractivity contribution in [1.29, 1.82) is 0 Å². The Labute approximate surface area is 97.3 Å². The van der Waals surface area contributed by atoms with E-state index in [0.29, 0.717) is 11.1 Å². The zero-order valence-corrected chi connectivity index (χ0v) is 9.45. The van der Waals surface area contributed by atoms with Crippen LogP contribution in [-0.4, -0.2) is 31.1 Å². The van der Waals surface area contributed by atoms with Crippen LogP contribution < -0.4 is 0 Å². The third kappa shape index (κ3) is 4.30. The van der Waals surface area contributed by atoms with E-state index in [-0.39, 0.29) is 12.0 Å². The second kappa shape index (κ2) is 5.03. The molecule has 0 fully saturated rings. The maximum absolute atomic E-state index is 11.9. The summed E-state index contributed by atoms with van der Waals surface area (Å²) < 4.78 is 35.7. The number of alkyl halides is 3. The maximum atomic E-state index is 11.9. The summed E-state index contributed by atoms with van der Waals surface area (Å²) in [6, 6.07) is 5.94. The third-order valence-electron chi connectivity index (χ3n) is 2.03. The first kappa shape index (κ1) is 13.3. The van der Waals surface area contributed by atoms with Gasteiger partial charge in [-0.3, -0.25) is 4.79 Å². The van der Waals surface area contributed by atoms with E-state index >= 15 is 0 Å². The van der Waals surface area contributed by atoms with Crippen LogP contribution in [0.5, 0.6) is 0 Å². The summed E-state index contributed by atoms with van der Waals surface area (Å²) in [7, 11) is 3.22. The first-order valence-corrected chi connectivity index (χ1v) is 4.87. The number of nitrogens with zero attached hydrogens (tertiary/aromatic N) is 1. The molecule has 0 radical (unpaired) electrons.